The number of aromatic nitrogens is 1. The van der Waals surface area contributed by atoms with Gasteiger partial charge in [0, 0.05) is 16.9 Å². The van der Waals surface area contributed by atoms with E-state index in [1.807, 2.05) is 13.8 Å². The van der Waals surface area contributed by atoms with Crippen LogP contribution in [0.3, 0.4) is 0 Å². The first-order valence-corrected chi connectivity index (χ1v) is 10.8. The minimum atomic E-state index is -0.414. The van der Waals surface area contributed by atoms with Crippen LogP contribution in [0.15, 0.2) is 21.1 Å². The Morgan fingerprint density at radius 2 is 2.00 bits per heavy atom. The predicted octanol–water partition coefficient (Wildman–Crippen LogP) is 4.84. The van der Waals surface area contributed by atoms with Crippen molar-refractivity contribution in [3.05, 3.63) is 56.7 Å². The molecule has 0 radical (unpaired) electrons. The molecule has 30 heavy (non-hydrogen) atoms. The number of nitrogens with one attached hydrogen (secondary N) is 1. The number of rotatable bonds is 5. The molecule has 8 heteroatoms. The number of nitrogens with zero attached hydrogens (tertiary/aromatic N) is 1. The monoisotopic (exact) mass is 428 g/mol. The molecule has 0 saturated heterocycles. The number of thiophene rings is 1. The van der Waals surface area contributed by atoms with E-state index in [0.29, 0.717) is 22.7 Å². The zero-order valence-corrected chi connectivity index (χ0v) is 18.1. The molecule has 0 aromatic carbocycles. The van der Waals surface area contributed by atoms with Crippen molar-refractivity contribution in [2.45, 2.75) is 52.4 Å². The third-order valence-corrected chi connectivity index (χ3v) is 6.66. The number of amides is 1. The van der Waals surface area contributed by atoms with Gasteiger partial charge in [0.2, 0.25) is 0 Å². The van der Waals surface area contributed by atoms with Crippen molar-refractivity contribution in [3.63, 3.8) is 0 Å². The summed E-state index contributed by atoms with van der Waals surface area (Å²) in [4.78, 5) is 26.4. The van der Waals surface area contributed by atoms with Crippen molar-refractivity contribution in [2.75, 3.05) is 12.4 Å². The van der Waals surface area contributed by atoms with Gasteiger partial charge in [-0.25, -0.2) is 4.79 Å². The van der Waals surface area contributed by atoms with Gasteiger partial charge >= 0.3 is 5.97 Å². The lowest BCUT2D eigenvalue weighted by Crippen LogP contribution is -2.14. The first-order chi connectivity index (χ1) is 14.5. The topological polar surface area (TPSA) is 94.6 Å². The summed E-state index contributed by atoms with van der Waals surface area (Å²) in [7, 11) is 1.36. The molecule has 1 aliphatic carbocycles. The summed E-state index contributed by atoms with van der Waals surface area (Å²) in [5, 5.41) is 7.34. The highest BCUT2D eigenvalue weighted by Crippen LogP contribution is 2.38. The van der Waals surface area contributed by atoms with Gasteiger partial charge in [0.15, 0.2) is 5.76 Å². The van der Waals surface area contributed by atoms with Crippen LogP contribution >= 0.6 is 11.3 Å². The molecule has 1 aliphatic rings. The Balaban J connectivity index is 1.56. The predicted molar refractivity (Wildman–Crippen MR) is 112 cm³/mol. The normalized spacial score (nSPS) is 13.6. The largest absolute Gasteiger partial charge is 0.465 e. The van der Waals surface area contributed by atoms with Gasteiger partial charge in [-0.1, -0.05) is 11.6 Å². The van der Waals surface area contributed by atoms with Crippen molar-refractivity contribution < 1.29 is 23.3 Å². The lowest BCUT2D eigenvalue weighted by molar-refractivity contribution is 0.0601. The first kappa shape index (κ1) is 20.4. The maximum absolute atomic E-state index is 12.8. The summed E-state index contributed by atoms with van der Waals surface area (Å²) in [6, 6.07) is 3.41. The van der Waals surface area contributed by atoms with E-state index in [9.17, 15) is 9.59 Å². The van der Waals surface area contributed by atoms with Gasteiger partial charge in [-0.15, -0.1) is 11.3 Å². The smallest absolute Gasteiger partial charge is 0.341 e. The molecule has 158 valence electrons. The van der Waals surface area contributed by atoms with E-state index in [1.54, 1.807) is 12.1 Å². The molecule has 3 heterocycles. The molecule has 0 saturated carbocycles. The van der Waals surface area contributed by atoms with Crippen LogP contribution in [0.1, 0.15) is 73.4 Å². The number of aryl methyl sites for hydroxylation is 3. The van der Waals surface area contributed by atoms with Crippen LogP contribution in [0, 0.1) is 13.8 Å². The summed E-state index contributed by atoms with van der Waals surface area (Å²) >= 11 is 1.46. The number of carbonyl (C=O) groups excluding carboxylic acids is 2. The number of carbonyl (C=O) groups is 2. The molecule has 0 aliphatic heterocycles. The Kier molecular flexibility index (Phi) is 5.76. The number of fused-ring (bicyclic) bond motifs is 1. The highest BCUT2D eigenvalue weighted by molar-refractivity contribution is 7.17. The average Bonchev–Trinajstić information content (AvgIpc) is 3.37. The van der Waals surface area contributed by atoms with E-state index in [1.165, 1.54) is 18.4 Å². The van der Waals surface area contributed by atoms with Crippen molar-refractivity contribution in [3.8, 4) is 0 Å². The summed E-state index contributed by atoms with van der Waals surface area (Å²) in [6.45, 7) is 3.72. The van der Waals surface area contributed by atoms with Crippen molar-refractivity contribution >= 4 is 28.2 Å². The van der Waals surface area contributed by atoms with E-state index in [2.05, 4.69) is 10.5 Å². The van der Waals surface area contributed by atoms with Crippen LogP contribution in [-0.2, 0) is 24.0 Å². The number of hydrogen-bond acceptors (Lipinski definition) is 7. The minimum Gasteiger partial charge on any atom is -0.465 e. The van der Waals surface area contributed by atoms with E-state index in [4.69, 9.17) is 13.7 Å². The zero-order valence-electron chi connectivity index (χ0n) is 17.3. The maximum atomic E-state index is 12.8. The molecule has 1 N–H and O–H groups in total. The minimum absolute atomic E-state index is 0.191. The van der Waals surface area contributed by atoms with Gasteiger partial charge in [-0.3, -0.25) is 4.79 Å². The van der Waals surface area contributed by atoms with E-state index in [0.717, 1.165) is 59.6 Å². The van der Waals surface area contributed by atoms with Gasteiger partial charge in [0.05, 0.1) is 18.4 Å². The Hall–Kier alpha value is -2.87. The lowest BCUT2D eigenvalue weighted by atomic mass is 10.1. The molecule has 3 aromatic heterocycles. The van der Waals surface area contributed by atoms with Crippen LogP contribution in [0.4, 0.5) is 5.00 Å². The number of hydrogen-bond donors (Lipinski definition) is 1. The standard InChI is InChI=1S/C22H24N2O5S/c1-12-16(13(2)29-24-12)11-14-9-10-17(28-14)20(25)23-21-19(22(26)27-3)15-7-5-4-6-8-18(15)30-21/h9-10H,4-8,11H2,1-3H3,(H,23,25). The average molecular weight is 429 g/mol. The summed E-state index contributed by atoms with van der Waals surface area (Å²) in [5.74, 6) is 0.767. The molecule has 1 amide bonds. The Morgan fingerprint density at radius 3 is 2.73 bits per heavy atom. The molecule has 0 unspecified atom stereocenters. The molecule has 0 spiro atoms. The molecule has 3 aromatic rings. The van der Waals surface area contributed by atoms with Gasteiger partial charge < -0.3 is 19.0 Å². The molecule has 7 nitrogen and oxygen atoms in total. The summed E-state index contributed by atoms with van der Waals surface area (Å²) in [6.07, 6.45) is 5.50. The SMILES string of the molecule is COC(=O)c1c(NC(=O)c2ccc(Cc3c(C)noc3C)o2)sc2c1CCCCC2. The molecular formula is C22H24N2O5S. The first-order valence-electron chi connectivity index (χ1n) is 10.0. The molecule has 4 rings (SSSR count). The molecule has 0 fully saturated rings. The van der Waals surface area contributed by atoms with Gasteiger partial charge in [-0.2, -0.15) is 0 Å². The van der Waals surface area contributed by atoms with E-state index in [-0.39, 0.29) is 11.7 Å². The van der Waals surface area contributed by atoms with Crippen LogP contribution < -0.4 is 5.32 Å². The number of anilines is 1. The quantitative estimate of drug-likeness (QED) is 0.461. The third kappa shape index (κ3) is 3.92. The molecule has 0 bridgehead atoms. The fraction of sp³-hybridized carbons (Fsp3) is 0.409. The van der Waals surface area contributed by atoms with Crippen molar-refractivity contribution in [2.24, 2.45) is 0 Å². The zero-order chi connectivity index (χ0) is 21.3. The van der Waals surface area contributed by atoms with Gasteiger partial charge in [-0.05, 0) is 57.2 Å². The number of methoxy groups -OCH3 is 1. The maximum Gasteiger partial charge on any atom is 0.341 e. The lowest BCUT2D eigenvalue weighted by Gasteiger charge is -2.06. The van der Waals surface area contributed by atoms with E-state index < -0.39 is 5.97 Å². The summed E-state index contributed by atoms with van der Waals surface area (Å²) < 4.78 is 15.9. The Bertz CT molecular complexity index is 1070. The number of ether oxygens (including phenoxy) is 1. The number of esters is 1. The highest BCUT2D eigenvalue weighted by atomic mass is 32.1. The van der Waals surface area contributed by atoms with E-state index >= 15 is 0 Å². The van der Waals surface area contributed by atoms with Crippen LogP contribution in [0.25, 0.3) is 0 Å². The Labute approximate surface area is 178 Å². The van der Waals surface area contributed by atoms with Crippen LogP contribution in [0.5, 0.6) is 0 Å². The highest BCUT2D eigenvalue weighted by Gasteiger charge is 2.27. The van der Waals surface area contributed by atoms with Gasteiger partial charge in [0.1, 0.15) is 16.5 Å². The Morgan fingerprint density at radius 1 is 1.20 bits per heavy atom. The molecule has 0 atom stereocenters. The third-order valence-electron chi connectivity index (χ3n) is 5.46. The van der Waals surface area contributed by atoms with Gasteiger partial charge in [0.25, 0.3) is 5.91 Å². The fourth-order valence-corrected chi connectivity index (χ4v) is 5.11. The summed E-state index contributed by atoms with van der Waals surface area (Å²) in [5.41, 5.74) is 3.25. The van der Waals surface area contributed by atoms with Crippen LogP contribution in [0.2, 0.25) is 0 Å². The van der Waals surface area contributed by atoms with Crippen LogP contribution in [-0.4, -0.2) is 24.1 Å². The molecular weight excluding hydrogens is 404 g/mol. The van der Waals surface area contributed by atoms with Crippen molar-refractivity contribution in [1.82, 2.24) is 5.16 Å². The number of furan rings is 1. The second kappa shape index (κ2) is 8.47. The second-order valence-electron chi connectivity index (χ2n) is 7.46. The second-order valence-corrected chi connectivity index (χ2v) is 8.56. The fourth-order valence-electron chi connectivity index (χ4n) is 3.84. The van der Waals surface area contributed by atoms with Crippen molar-refractivity contribution in [1.29, 1.82) is 0 Å².